The van der Waals surface area contributed by atoms with Crippen LogP contribution in [0.1, 0.15) is 38.2 Å². The number of hydrogen-bond acceptors (Lipinski definition) is 3. The van der Waals surface area contributed by atoms with Gasteiger partial charge in [-0.15, -0.1) is 0 Å². The number of likely N-dealkylation sites (N-methyl/N-ethyl adjacent to an activating group) is 2. The van der Waals surface area contributed by atoms with Gasteiger partial charge in [0, 0.05) is 11.6 Å². The van der Waals surface area contributed by atoms with E-state index in [1.165, 1.54) is 31.2 Å². The minimum Gasteiger partial charge on any atom is -0.508 e. The first-order valence-electron chi connectivity index (χ1n) is 8.10. The van der Waals surface area contributed by atoms with Crippen molar-refractivity contribution in [3.8, 4) is 5.75 Å². The Bertz CT molecular complexity index is 443. The number of rotatable bonds is 5. The standard InChI is InChI=1S/C18H30N2O/c1-14-6-5-11-18(13-14,20(3)4)17(19-2)12-15-7-9-16(21)10-8-15/h7-10,14,17,19,21H,5-6,11-13H2,1-4H3. The van der Waals surface area contributed by atoms with Gasteiger partial charge in [-0.1, -0.05) is 31.9 Å². The molecule has 3 nitrogen and oxygen atoms in total. The Labute approximate surface area is 129 Å². The summed E-state index contributed by atoms with van der Waals surface area (Å²) in [6, 6.07) is 8.08. The topological polar surface area (TPSA) is 35.5 Å². The molecule has 118 valence electrons. The normalized spacial score (nSPS) is 27.8. The molecule has 1 fully saturated rings. The molecule has 21 heavy (non-hydrogen) atoms. The molecule has 2 N–H and O–H groups in total. The second-order valence-electron chi connectivity index (χ2n) is 6.91. The number of nitrogens with one attached hydrogen (secondary N) is 1. The Balaban J connectivity index is 2.21. The van der Waals surface area contributed by atoms with Gasteiger partial charge in [0.1, 0.15) is 5.75 Å². The SMILES string of the molecule is CNC(Cc1ccc(O)cc1)C1(N(C)C)CCCC(C)C1. The van der Waals surface area contributed by atoms with E-state index in [1.54, 1.807) is 12.1 Å². The quantitative estimate of drug-likeness (QED) is 0.875. The van der Waals surface area contributed by atoms with Crippen LogP contribution in [0.15, 0.2) is 24.3 Å². The molecule has 2 rings (SSSR count). The lowest BCUT2D eigenvalue weighted by Gasteiger charge is -2.50. The Morgan fingerprint density at radius 1 is 1.33 bits per heavy atom. The Kier molecular flexibility index (Phi) is 5.28. The Morgan fingerprint density at radius 3 is 2.52 bits per heavy atom. The third-order valence-corrected chi connectivity index (χ3v) is 5.27. The molecular weight excluding hydrogens is 260 g/mol. The van der Waals surface area contributed by atoms with Crippen LogP contribution in [-0.2, 0) is 6.42 Å². The van der Waals surface area contributed by atoms with Crippen LogP contribution in [-0.4, -0.2) is 42.7 Å². The highest BCUT2D eigenvalue weighted by Gasteiger charge is 2.42. The predicted octanol–water partition coefficient (Wildman–Crippen LogP) is 3.03. The smallest absolute Gasteiger partial charge is 0.115 e. The highest BCUT2D eigenvalue weighted by Crippen LogP contribution is 2.39. The van der Waals surface area contributed by atoms with Gasteiger partial charge in [0.25, 0.3) is 0 Å². The van der Waals surface area contributed by atoms with E-state index in [0.29, 0.717) is 11.8 Å². The van der Waals surface area contributed by atoms with Gasteiger partial charge in [0.15, 0.2) is 0 Å². The summed E-state index contributed by atoms with van der Waals surface area (Å²) in [5, 5.41) is 13.0. The van der Waals surface area contributed by atoms with Crippen molar-refractivity contribution in [1.82, 2.24) is 10.2 Å². The molecule has 0 amide bonds. The van der Waals surface area contributed by atoms with Crippen LogP contribution in [0.2, 0.25) is 0 Å². The van der Waals surface area contributed by atoms with Crippen LogP contribution in [0.4, 0.5) is 0 Å². The molecule has 1 saturated carbocycles. The maximum absolute atomic E-state index is 9.45. The summed E-state index contributed by atoms with van der Waals surface area (Å²) < 4.78 is 0. The zero-order valence-electron chi connectivity index (χ0n) is 13.9. The largest absolute Gasteiger partial charge is 0.508 e. The molecule has 3 heteroatoms. The van der Waals surface area contributed by atoms with Crippen molar-refractivity contribution in [2.75, 3.05) is 21.1 Å². The van der Waals surface area contributed by atoms with Crippen molar-refractivity contribution in [1.29, 1.82) is 0 Å². The third-order valence-electron chi connectivity index (χ3n) is 5.27. The fourth-order valence-electron chi connectivity index (χ4n) is 4.03. The molecule has 0 aromatic heterocycles. The fourth-order valence-corrected chi connectivity index (χ4v) is 4.03. The summed E-state index contributed by atoms with van der Waals surface area (Å²) in [5.74, 6) is 1.13. The molecule has 0 radical (unpaired) electrons. The Morgan fingerprint density at radius 2 is 2.00 bits per heavy atom. The first kappa shape index (κ1) is 16.3. The average molecular weight is 290 g/mol. The molecule has 1 aliphatic carbocycles. The summed E-state index contributed by atoms with van der Waals surface area (Å²) in [6.07, 6.45) is 6.18. The summed E-state index contributed by atoms with van der Waals surface area (Å²) in [6.45, 7) is 2.38. The van der Waals surface area contributed by atoms with Gasteiger partial charge in [0.2, 0.25) is 0 Å². The number of phenolic OH excluding ortho intramolecular Hbond substituents is 1. The maximum Gasteiger partial charge on any atom is 0.115 e. The molecule has 3 atom stereocenters. The van der Waals surface area contributed by atoms with E-state index in [0.717, 1.165) is 12.3 Å². The second-order valence-corrected chi connectivity index (χ2v) is 6.91. The molecule has 1 aromatic rings. The summed E-state index contributed by atoms with van der Waals surface area (Å²) in [7, 11) is 6.52. The summed E-state index contributed by atoms with van der Waals surface area (Å²) in [5.41, 5.74) is 1.51. The maximum atomic E-state index is 9.45. The highest BCUT2D eigenvalue weighted by atomic mass is 16.3. The van der Waals surface area contributed by atoms with Crippen molar-refractivity contribution in [2.45, 2.75) is 50.6 Å². The van der Waals surface area contributed by atoms with Crippen molar-refractivity contribution >= 4 is 0 Å². The van der Waals surface area contributed by atoms with Crippen LogP contribution in [0, 0.1) is 5.92 Å². The lowest BCUT2D eigenvalue weighted by molar-refractivity contribution is 0.0399. The zero-order chi connectivity index (χ0) is 15.5. The minimum atomic E-state index is 0.226. The monoisotopic (exact) mass is 290 g/mol. The average Bonchev–Trinajstić information content (AvgIpc) is 2.46. The van der Waals surface area contributed by atoms with Gasteiger partial charge >= 0.3 is 0 Å². The molecule has 1 aliphatic rings. The lowest BCUT2D eigenvalue weighted by Crippen LogP contribution is -2.61. The third kappa shape index (κ3) is 3.58. The fraction of sp³-hybridized carbons (Fsp3) is 0.667. The van der Waals surface area contributed by atoms with Crippen LogP contribution in [0.3, 0.4) is 0 Å². The van der Waals surface area contributed by atoms with Crippen molar-refractivity contribution < 1.29 is 5.11 Å². The molecule has 0 bridgehead atoms. The van der Waals surface area contributed by atoms with Crippen LogP contribution >= 0.6 is 0 Å². The first-order chi connectivity index (χ1) is 9.98. The number of benzene rings is 1. The Hall–Kier alpha value is -1.06. The van der Waals surface area contributed by atoms with Gasteiger partial charge in [-0.2, -0.15) is 0 Å². The summed E-state index contributed by atoms with van der Waals surface area (Å²) in [4.78, 5) is 2.43. The molecule has 0 spiro atoms. The van der Waals surface area contributed by atoms with E-state index >= 15 is 0 Å². The van der Waals surface area contributed by atoms with Crippen molar-refractivity contribution in [2.24, 2.45) is 5.92 Å². The van der Waals surface area contributed by atoms with Crippen molar-refractivity contribution in [3.63, 3.8) is 0 Å². The zero-order valence-corrected chi connectivity index (χ0v) is 13.9. The predicted molar refractivity (Wildman–Crippen MR) is 88.7 cm³/mol. The van der Waals surface area contributed by atoms with Gasteiger partial charge < -0.3 is 15.3 Å². The van der Waals surface area contributed by atoms with Crippen molar-refractivity contribution in [3.05, 3.63) is 29.8 Å². The van der Waals surface area contributed by atoms with Gasteiger partial charge in [-0.05, 0) is 64.0 Å². The van der Waals surface area contributed by atoms with E-state index in [1.807, 2.05) is 12.1 Å². The number of phenols is 1. The first-order valence-corrected chi connectivity index (χ1v) is 8.10. The van der Waals surface area contributed by atoms with Crippen LogP contribution in [0.5, 0.6) is 5.75 Å². The summed E-state index contributed by atoms with van der Waals surface area (Å²) >= 11 is 0. The molecular formula is C18H30N2O. The van der Waals surface area contributed by atoms with Gasteiger partial charge in [-0.25, -0.2) is 0 Å². The van der Waals surface area contributed by atoms with E-state index in [-0.39, 0.29) is 5.54 Å². The van der Waals surface area contributed by atoms with E-state index in [9.17, 15) is 5.11 Å². The second kappa shape index (κ2) is 6.80. The highest BCUT2D eigenvalue weighted by molar-refractivity contribution is 5.27. The molecule has 3 unspecified atom stereocenters. The molecule has 1 aromatic carbocycles. The van der Waals surface area contributed by atoms with Crippen LogP contribution < -0.4 is 5.32 Å². The minimum absolute atomic E-state index is 0.226. The number of aromatic hydroxyl groups is 1. The lowest BCUT2D eigenvalue weighted by atomic mass is 9.70. The molecule has 0 aliphatic heterocycles. The van der Waals surface area contributed by atoms with E-state index < -0.39 is 0 Å². The van der Waals surface area contributed by atoms with E-state index in [2.05, 4.69) is 38.3 Å². The van der Waals surface area contributed by atoms with Crippen LogP contribution in [0.25, 0.3) is 0 Å². The molecule has 0 saturated heterocycles. The van der Waals surface area contributed by atoms with E-state index in [4.69, 9.17) is 0 Å². The number of hydrogen-bond donors (Lipinski definition) is 2. The number of nitrogens with zero attached hydrogens (tertiary/aromatic N) is 1. The molecule has 0 heterocycles. The van der Waals surface area contributed by atoms with Gasteiger partial charge in [0.05, 0.1) is 0 Å². The van der Waals surface area contributed by atoms with Gasteiger partial charge in [-0.3, -0.25) is 0 Å².